The number of nitrogens with one attached hydrogen (secondary N) is 1. The van der Waals surface area contributed by atoms with Crippen molar-refractivity contribution >= 4 is 10.9 Å². The van der Waals surface area contributed by atoms with E-state index in [4.69, 9.17) is 0 Å². The third-order valence-corrected chi connectivity index (χ3v) is 3.59. The SMILES string of the molecule is CCCN(CC)CCc1c[nH]c2cccc(C#N)c12. The molecule has 1 N–H and O–H groups in total. The summed E-state index contributed by atoms with van der Waals surface area (Å²) in [5.74, 6) is 0. The van der Waals surface area contributed by atoms with Crippen molar-refractivity contribution in [3.05, 3.63) is 35.5 Å². The highest BCUT2D eigenvalue weighted by molar-refractivity contribution is 5.88. The molecule has 0 saturated heterocycles. The Labute approximate surface area is 114 Å². The number of fused-ring (bicyclic) bond motifs is 1. The van der Waals surface area contributed by atoms with Crippen molar-refractivity contribution in [1.29, 1.82) is 5.26 Å². The number of hydrogen-bond acceptors (Lipinski definition) is 2. The van der Waals surface area contributed by atoms with Crippen LogP contribution in [0, 0.1) is 11.3 Å². The lowest BCUT2D eigenvalue weighted by Gasteiger charge is -2.19. The van der Waals surface area contributed by atoms with Gasteiger partial charge in [-0.2, -0.15) is 5.26 Å². The number of likely N-dealkylation sites (N-methyl/N-ethyl adjacent to an activating group) is 1. The molecule has 0 aliphatic heterocycles. The van der Waals surface area contributed by atoms with Crippen molar-refractivity contribution < 1.29 is 0 Å². The first-order valence-corrected chi connectivity index (χ1v) is 7.01. The van der Waals surface area contributed by atoms with Crippen LogP contribution in [0.1, 0.15) is 31.4 Å². The molecule has 1 heterocycles. The van der Waals surface area contributed by atoms with E-state index in [9.17, 15) is 5.26 Å². The summed E-state index contributed by atoms with van der Waals surface area (Å²) < 4.78 is 0. The molecule has 0 spiro atoms. The third kappa shape index (κ3) is 2.97. The Balaban J connectivity index is 2.19. The van der Waals surface area contributed by atoms with Gasteiger partial charge in [0.25, 0.3) is 0 Å². The van der Waals surface area contributed by atoms with Gasteiger partial charge >= 0.3 is 0 Å². The number of aromatic amines is 1. The number of hydrogen-bond donors (Lipinski definition) is 1. The van der Waals surface area contributed by atoms with E-state index in [1.807, 2.05) is 24.4 Å². The van der Waals surface area contributed by atoms with Gasteiger partial charge in [0.1, 0.15) is 0 Å². The van der Waals surface area contributed by atoms with E-state index in [1.54, 1.807) is 0 Å². The molecule has 1 aromatic carbocycles. The number of benzene rings is 1. The molecule has 100 valence electrons. The van der Waals surface area contributed by atoms with E-state index < -0.39 is 0 Å². The van der Waals surface area contributed by atoms with Crippen molar-refractivity contribution in [2.75, 3.05) is 19.6 Å². The topological polar surface area (TPSA) is 42.8 Å². The normalized spacial score (nSPS) is 11.1. The Kier molecular flexibility index (Phi) is 4.59. The molecule has 0 radical (unpaired) electrons. The van der Waals surface area contributed by atoms with Gasteiger partial charge in [-0.1, -0.05) is 19.9 Å². The highest BCUT2D eigenvalue weighted by Crippen LogP contribution is 2.22. The van der Waals surface area contributed by atoms with E-state index >= 15 is 0 Å². The highest BCUT2D eigenvalue weighted by atomic mass is 15.1. The minimum atomic E-state index is 0.771. The molecule has 0 amide bonds. The van der Waals surface area contributed by atoms with E-state index in [0.717, 1.165) is 42.5 Å². The lowest BCUT2D eigenvalue weighted by atomic mass is 10.0. The fourth-order valence-electron chi connectivity index (χ4n) is 2.57. The van der Waals surface area contributed by atoms with Crippen LogP contribution in [0.4, 0.5) is 0 Å². The molecule has 2 rings (SSSR count). The summed E-state index contributed by atoms with van der Waals surface area (Å²) >= 11 is 0. The molecule has 0 atom stereocenters. The molecule has 3 nitrogen and oxygen atoms in total. The smallest absolute Gasteiger partial charge is 0.0998 e. The van der Waals surface area contributed by atoms with Gasteiger partial charge in [-0.3, -0.25) is 0 Å². The van der Waals surface area contributed by atoms with Crippen LogP contribution in [-0.2, 0) is 6.42 Å². The Hall–Kier alpha value is -1.79. The zero-order chi connectivity index (χ0) is 13.7. The molecule has 0 fully saturated rings. The van der Waals surface area contributed by atoms with E-state index in [0.29, 0.717) is 0 Å². The van der Waals surface area contributed by atoms with Crippen LogP contribution in [-0.4, -0.2) is 29.5 Å². The zero-order valence-electron chi connectivity index (χ0n) is 11.7. The molecule has 0 unspecified atom stereocenters. The van der Waals surface area contributed by atoms with Crippen LogP contribution >= 0.6 is 0 Å². The van der Waals surface area contributed by atoms with Gasteiger partial charge in [0, 0.05) is 23.6 Å². The maximum atomic E-state index is 9.21. The maximum Gasteiger partial charge on any atom is 0.0998 e. The fraction of sp³-hybridized carbons (Fsp3) is 0.438. The van der Waals surface area contributed by atoms with Crippen LogP contribution in [0.2, 0.25) is 0 Å². The Morgan fingerprint density at radius 3 is 2.79 bits per heavy atom. The molecular formula is C16H21N3. The zero-order valence-corrected chi connectivity index (χ0v) is 11.7. The Morgan fingerprint density at radius 2 is 2.11 bits per heavy atom. The monoisotopic (exact) mass is 255 g/mol. The molecule has 0 aliphatic carbocycles. The van der Waals surface area contributed by atoms with Crippen molar-refractivity contribution in [3.63, 3.8) is 0 Å². The van der Waals surface area contributed by atoms with Gasteiger partial charge in [-0.25, -0.2) is 0 Å². The molecule has 3 heteroatoms. The molecule has 0 bridgehead atoms. The lowest BCUT2D eigenvalue weighted by molar-refractivity contribution is 0.293. The number of nitrogens with zero attached hydrogens (tertiary/aromatic N) is 2. The molecule has 1 aromatic heterocycles. The van der Waals surface area contributed by atoms with Crippen LogP contribution in [0.25, 0.3) is 10.9 Å². The van der Waals surface area contributed by atoms with Crippen molar-refractivity contribution in [3.8, 4) is 6.07 Å². The molecular weight excluding hydrogens is 234 g/mol. The Bertz CT molecular complexity index is 577. The van der Waals surface area contributed by atoms with Crippen LogP contribution in [0.3, 0.4) is 0 Å². The summed E-state index contributed by atoms with van der Waals surface area (Å²) in [6.45, 7) is 7.69. The summed E-state index contributed by atoms with van der Waals surface area (Å²) in [6.07, 6.45) is 4.23. The first kappa shape index (κ1) is 13.6. The second-order valence-corrected chi connectivity index (χ2v) is 4.84. The third-order valence-electron chi connectivity index (χ3n) is 3.59. The molecule has 2 aromatic rings. The summed E-state index contributed by atoms with van der Waals surface area (Å²) in [6, 6.07) is 8.14. The molecule has 0 saturated carbocycles. The standard InChI is InChI=1S/C16H21N3/c1-3-9-19(4-2)10-8-14-12-18-15-7-5-6-13(11-17)16(14)15/h5-7,12,18H,3-4,8-10H2,1-2H3. The van der Waals surface area contributed by atoms with E-state index in [2.05, 4.69) is 29.8 Å². The van der Waals surface area contributed by atoms with Gasteiger partial charge in [-0.15, -0.1) is 0 Å². The second kappa shape index (κ2) is 6.40. The number of nitriles is 1. The summed E-state index contributed by atoms with van der Waals surface area (Å²) in [4.78, 5) is 5.72. The summed E-state index contributed by atoms with van der Waals surface area (Å²) in [7, 11) is 0. The van der Waals surface area contributed by atoms with Gasteiger partial charge in [-0.05, 0) is 43.6 Å². The predicted octanol–water partition coefficient (Wildman–Crippen LogP) is 3.31. The van der Waals surface area contributed by atoms with Gasteiger partial charge < -0.3 is 9.88 Å². The largest absolute Gasteiger partial charge is 0.361 e. The molecule has 19 heavy (non-hydrogen) atoms. The number of rotatable bonds is 6. The average Bonchev–Trinajstić information content (AvgIpc) is 2.86. The predicted molar refractivity (Wildman–Crippen MR) is 79.1 cm³/mol. The van der Waals surface area contributed by atoms with Crippen molar-refractivity contribution in [1.82, 2.24) is 9.88 Å². The van der Waals surface area contributed by atoms with Gasteiger partial charge in [0.05, 0.1) is 11.6 Å². The number of aromatic nitrogens is 1. The van der Waals surface area contributed by atoms with Crippen molar-refractivity contribution in [2.45, 2.75) is 26.7 Å². The van der Waals surface area contributed by atoms with Gasteiger partial charge in [0.15, 0.2) is 0 Å². The van der Waals surface area contributed by atoms with Crippen molar-refractivity contribution in [2.24, 2.45) is 0 Å². The van der Waals surface area contributed by atoms with Gasteiger partial charge in [0.2, 0.25) is 0 Å². The van der Waals surface area contributed by atoms with Crippen LogP contribution in [0.5, 0.6) is 0 Å². The lowest BCUT2D eigenvalue weighted by Crippen LogP contribution is -2.26. The second-order valence-electron chi connectivity index (χ2n) is 4.84. The number of H-pyrrole nitrogens is 1. The molecule has 0 aliphatic rings. The highest BCUT2D eigenvalue weighted by Gasteiger charge is 2.09. The summed E-state index contributed by atoms with van der Waals surface area (Å²) in [5, 5.41) is 10.3. The van der Waals surface area contributed by atoms with Crippen LogP contribution < -0.4 is 0 Å². The fourth-order valence-corrected chi connectivity index (χ4v) is 2.57. The minimum Gasteiger partial charge on any atom is -0.361 e. The van der Waals surface area contributed by atoms with E-state index in [-0.39, 0.29) is 0 Å². The maximum absolute atomic E-state index is 9.21. The summed E-state index contributed by atoms with van der Waals surface area (Å²) in [5.41, 5.74) is 3.08. The quantitative estimate of drug-likeness (QED) is 0.860. The van der Waals surface area contributed by atoms with Crippen LogP contribution in [0.15, 0.2) is 24.4 Å². The first-order valence-electron chi connectivity index (χ1n) is 7.01. The Morgan fingerprint density at radius 1 is 1.26 bits per heavy atom. The van der Waals surface area contributed by atoms with E-state index in [1.165, 1.54) is 12.0 Å². The minimum absolute atomic E-state index is 0.771. The average molecular weight is 255 g/mol. The first-order chi connectivity index (χ1) is 9.30.